The van der Waals surface area contributed by atoms with Crippen LogP contribution in [0.5, 0.6) is 0 Å². The maximum Gasteiger partial charge on any atom is 0.272 e. The molecule has 0 unspecified atom stereocenters. The normalized spacial score (nSPS) is 14.1. The van der Waals surface area contributed by atoms with Crippen LogP contribution in [0.3, 0.4) is 0 Å². The maximum absolute atomic E-state index is 11.8. The third kappa shape index (κ3) is 3.77. The Morgan fingerprint density at radius 2 is 2.05 bits per heavy atom. The summed E-state index contributed by atoms with van der Waals surface area (Å²) >= 11 is 0. The van der Waals surface area contributed by atoms with Gasteiger partial charge in [0.15, 0.2) is 0 Å². The van der Waals surface area contributed by atoms with Gasteiger partial charge in [0.05, 0.1) is 11.5 Å². The minimum atomic E-state index is -0.412. The summed E-state index contributed by atoms with van der Waals surface area (Å²) in [5.74, 6) is 0.605. The molecule has 6 nitrogen and oxygen atoms in total. The van der Waals surface area contributed by atoms with Crippen LogP contribution in [0.25, 0.3) is 0 Å². The van der Waals surface area contributed by atoms with Crippen LogP contribution >= 0.6 is 0 Å². The molecule has 0 aromatic heterocycles. The van der Waals surface area contributed by atoms with Crippen LogP contribution in [-0.4, -0.2) is 23.9 Å². The van der Waals surface area contributed by atoms with Gasteiger partial charge in [0, 0.05) is 17.3 Å². The van der Waals surface area contributed by atoms with Crippen molar-refractivity contribution in [3.8, 4) is 0 Å². The Balaban J connectivity index is 1.95. The summed E-state index contributed by atoms with van der Waals surface area (Å²) in [5.41, 5.74) is 1.94. The summed E-state index contributed by atoms with van der Waals surface area (Å²) in [4.78, 5) is 22.2. The van der Waals surface area contributed by atoms with Crippen molar-refractivity contribution >= 4 is 17.3 Å². The number of carbonyl (C=O) groups excluding carboxylic acids is 1. The lowest BCUT2D eigenvalue weighted by Gasteiger charge is -2.10. The molecular weight excluding hydrogens is 258 g/mol. The number of carbonyl (C=O) groups is 1. The van der Waals surface area contributed by atoms with Gasteiger partial charge in [-0.3, -0.25) is 14.9 Å². The van der Waals surface area contributed by atoms with Crippen molar-refractivity contribution in [3.05, 3.63) is 33.4 Å². The zero-order valence-electron chi connectivity index (χ0n) is 11.7. The lowest BCUT2D eigenvalue weighted by Crippen LogP contribution is -2.29. The summed E-state index contributed by atoms with van der Waals surface area (Å²) in [6.07, 6.45) is 2.49. The van der Waals surface area contributed by atoms with Gasteiger partial charge >= 0.3 is 0 Å². The van der Waals surface area contributed by atoms with E-state index in [1.807, 2.05) is 0 Å². The smallest absolute Gasteiger partial charge is 0.272 e. The lowest BCUT2D eigenvalue weighted by molar-refractivity contribution is -0.385. The first-order chi connectivity index (χ1) is 9.47. The van der Waals surface area contributed by atoms with E-state index in [0.717, 1.165) is 12.5 Å². The van der Waals surface area contributed by atoms with Crippen molar-refractivity contribution in [1.29, 1.82) is 0 Å². The van der Waals surface area contributed by atoms with Gasteiger partial charge in [0.2, 0.25) is 5.91 Å². The van der Waals surface area contributed by atoms with Crippen LogP contribution in [-0.2, 0) is 4.79 Å². The van der Waals surface area contributed by atoms with E-state index in [1.54, 1.807) is 19.9 Å². The minimum absolute atomic E-state index is 0.0763. The molecule has 1 saturated carbocycles. The van der Waals surface area contributed by atoms with Gasteiger partial charge < -0.3 is 10.6 Å². The molecule has 1 aliphatic rings. The van der Waals surface area contributed by atoms with Crippen molar-refractivity contribution in [3.63, 3.8) is 0 Å². The predicted octanol–water partition coefficient (Wildman–Crippen LogP) is 2.15. The number of nitrogens with zero attached hydrogens (tertiary/aromatic N) is 1. The SMILES string of the molecule is Cc1cc([N+](=O)[O-])c(C)cc1NC(=O)CNCC1CC1. The van der Waals surface area contributed by atoms with Crippen LogP contribution in [0.4, 0.5) is 11.4 Å². The number of hydrogen-bond donors (Lipinski definition) is 2. The highest BCUT2D eigenvalue weighted by atomic mass is 16.6. The highest BCUT2D eigenvalue weighted by Crippen LogP contribution is 2.27. The summed E-state index contributed by atoms with van der Waals surface area (Å²) in [5, 5.41) is 16.7. The fourth-order valence-corrected chi connectivity index (χ4v) is 2.04. The minimum Gasteiger partial charge on any atom is -0.325 e. The van der Waals surface area contributed by atoms with E-state index < -0.39 is 4.92 Å². The average molecular weight is 277 g/mol. The first-order valence-corrected chi connectivity index (χ1v) is 6.73. The highest BCUT2D eigenvalue weighted by Gasteiger charge is 2.20. The Labute approximate surface area is 117 Å². The summed E-state index contributed by atoms with van der Waals surface area (Å²) < 4.78 is 0. The quantitative estimate of drug-likeness (QED) is 0.616. The number of amides is 1. The molecule has 1 aliphatic carbocycles. The van der Waals surface area contributed by atoms with Crippen LogP contribution in [0, 0.1) is 29.9 Å². The molecule has 20 heavy (non-hydrogen) atoms. The number of nitro benzene ring substituents is 1. The molecule has 2 N–H and O–H groups in total. The first kappa shape index (κ1) is 14.5. The van der Waals surface area contributed by atoms with Gasteiger partial charge in [-0.1, -0.05) is 0 Å². The average Bonchev–Trinajstić information content (AvgIpc) is 3.17. The zero-order valence-corrected chi connectivity index (χ0v) is 11.7. The third-order valence-electron chi connectivity index (χ3n) is 3.43. The number of nitrogens with one attached hydrogen (secondary N) is 2. The number of anilines is 1. The van der Waals surface area contributed by atoms with E-state index >= 15 is 0 Å². The van der Waals surface area contributed by atoms with E-state index in [0.29, 0.717) is 16.8 Å². The monoisotopic (exact) mass is 277 g/mol. The molecule has 0 heterocycles. The Hall–Kier alpha value is -1.95. The van der Waals surface area contributed by atoms with Crippen molar-refractivity contribution in [2.75, 3.05) is 18.4 Å². The molecule has 0 spiro atoms. The Morgan fingerprint density at radius 3 is 2.65 bits per heavy atom. The van der Waals surface area contributed by atoms with Gasteiger partial charge in [-0.05, 0) is 50.8 Å². The topological polar surface area (TPSA) is 84.3 Å². The van der Waals surface area contributed by atoms with Crippen LogP contribution in [0.15, 0.2) is 12.1 Å². The summed E-state index contributed by atoms with van der Waals surface area (Å²) in [7, 11) is 0. The molecule has 2 rings (SSSR count). The molecular formula is C14H19N3O3. The first-order valence-electron chi connectivity index (χ1n) is 6.73. The fraction of sp³-hybridized carbons (Fsp3) is 0.500. The molecule has 6 heteroatoms. The number of rotatable bonds is 6. The Kier molecular flexibility index (Phi) is 4.34. The van der Waals surface area contributed by atoms with Gasteiger partial charge in [0.25, 0.3) is 5.69 Å². The number of hydrogen-bond acceptors (Lipinski definition) is 4. The zero-order chi connectivity index (χ0) is 14.7. The van der Waals surface area contributed by atoms with Gasteiger partial charge in [0.1, 0.15) is 0 Å². The molecule has 1 aromatic rings. The molecule has 0 bridgehead atoms. The molecule has 1 fully saturated rings. The third-order valence-corrected chi connectivity index (χ3v) is 3.43. The number of aryl methyl sites for hydroxylation is 2. The van der Waals surface area contributed by atoms with E-state index in [2.05, 4.69) is 10.6 Å². The van der Waals surface area contributed by atoms with E-state index in [1.165, 1.54) is 18.9 Å². The Morgan fingerprint density at radius 1 is 1.35 bits per heavy atom. The Bertz CT molecular complexity index is 539. The highest BCUT2D eigenvalue weighted by molar-refractivity contribution is 5.93. The second-order valence-electron chi connectivity index (χ2n) is 5.33. The van der Waals surface area contributed by atoms with Gasteiger partial charge in [-0.25, -0.2) is 0 Å². The van der Waals surface area contributed by atoms with E-state index in [-0.39, 0.29) is 18.1 Å². The summed E-state index contributed by atoms with van der Waals surface area (Å²) in [6, 6.07) is 3.13. The predicted molar refractivity (Wildman–Crippen MR) is 76.8 cm³/mol. The van der Waals surface area contributed by atoms with Crippen molar-refractivity contribution in [2.45, 2.75) is 26.7 Å². The molecule has 0 aliphatic heterocycles. The molecule has 1 aromatic carbocycles. The van der Waals surface area contributed by atoms with Crippen molar-refractivity contribution < 1.29 is 9.72 Å². The van der Waals surface area contributed by atoms with Crippen molar-refractivity contribution in [1.82, 2.24) is 5.32 Å². The van der Waals surface area contributed by atoms with E-state index in [9.17, 15) is 14.9 Å². The largest absolute Gasteiger partial charge is 0.325 e. The molecule has 0 saturated heterocycles. The van der Waals surface area contributed by atoms with Crippen LogP contribution in [0.2, 0.25) is 0 Å². The second kappa shape index (κ2) is 6.00. The van der Waals surface area contributed by atoms with Crippen LogP contribution in [0.1, 0.15) is 24.0 Å². The number of nitro groups is 1. The summed E-state index contributed by atoms with van der Waals surface area (Å²) in [6.45, 7) is 4.57. The second-order valence-corrected chi connectivity index (χ2v) is 5.33. The molecule has 1 amide bonds. The number of benzene rings is 1. The standard InChI is InChI=1S/C14H19N3O3/c1-9-6-13(17(19)20)10(2)5-12(9)16-14(18)8-15-7-11-3-4-11/h5-6,11,15H,3-4,7-8H2,1-2H3,(H,16,18). The van der Waals surface area contributed by atoms with Crippen molar-refractivity contribution in [2.24, 2.45) is 5.92 Å². The lowest BCUT2D eigenvalue weighted by atomic mass is 10.1. The molecule has 108 valence electrons. The van der Waals surface area contributed by atoms with Gasteiger partial charge in [-0.15, -0.1) is 0 Å². The maximum atomic E-state index is 11.8. The van der Waals surface area contributed by atoms with Crippen LogP contribution < -0.4 is 10.6 Å². The van der Waals surface area contributed by atoms with E-state index in [4.69, 9.17) is 0 Å². The molecule has 0 radical (unpaired) electrons. The molecule has 0 atom stereocenters. The fourth-order valence-electron chi connectivity index (χ4n) is 2.04. The van der Waals surface area contributed by atoms with Gasteiger partial charge in [-0.2, -0.15) is 0 Å².